The van der Waals surface area contributed by atoms with Crippen molar-refractivity contribution in [3.8, 4) is 5.75 Å². The summed E-state index contributed by atoms with van der Waals surface area (Å²) >= 11 is 0. The molecule has 172 valence electrons. The maximum Gasteiger partial charge on any atom is 0.261 e. The summed E-state index contributed by atoms with van der Waals surface area (Å²) in [5.41, 5.74) is 3.10. The van der Waals surface area contributed by atoms with Crippen LogP contribution in [-0.2, 0) is 16.4 Å². The number of hydrogen-bond donors (Lipinski definition) is 4. The first kappa shape index (κ1) is 22.8. The molecule has 33 heavy (non-hydrogen) atoms. The predicted octanol–water partition coefficient (Wildman–Crippen LogP) is 3.20. The monoisotopic (exact) mass is 466 g/mol. The predicted molar refractivity (Wildman–Crippen MR) is 128 cm³/mol. The van der Waals surface area contributed by atoms with E-state index in [1.807, 2.05) is 31.2 Å². The van der Waals surface area contributed by atoms with E-state index in [0.717, 1.165) is 22.2 Å². The Morgan fingerprint density at radius 2 is 1.88 bits per heavy atom. The van der Waals surface area contributed by atoms with Crippen molar-refractivity contribution >= 4 is 26.6 Å². The first-order valence-electron chi connectivity index (χ1n) is 10.6. The van der Waals surface area contributed by atoms with E-state index >= 15 is 0 Å². The van der Waals surface area contributed by atoms with E-state index in [9.17, 15) is 13.5 Å². The molecule has 0 spiro atoms. The molecule has 0 aliphatic rings. The summed E-state index contributed by atoms with van der Waals surface area (Å²) in [7, 11) is -3.67. The number of aryl methyl sites for hydroxylation is 1. The number of benzene rings is 3. The number of ether oxygens (including phenoxy) is 1. The van der Waals surface area contributed by atoms with Gasteiger partial charge in [-0.3, -0.25) is 15.1 Å². The molecule has 0 amide bonds. The van der Waals surface area contributed by atoms with E-state index < -0.39 is 16.3 Å². The molecule has 4 N–H and O–H groups in total. The second-order valence-electron chi connectivity index (χ2n) is 7.67. The van der Waals surface area contributed by atoms with Crippen molar-refractivity contribution in [1.82, 2.24) is 15.5 Å². The number of rotatable bonds is 10. The van der Waals surface area contributed by atoms with E-state index in [4.69, 9.17) is 4.74 Å². The van der Waals surface area contributed by atoms with E-state index in [2.05, 4.69) is 20.2 Å². The fourth-order valence-electron chi connectivity index (χ4n) is 3.48. The Labute approximate surface area is 192 Å². The van der Waals surface area contributed by atoms with Crippen molar-refractivity contribution < 1.29 is 18.3 Å². The van der Waals surface area contributed by atoms with Gasteiger partial charge in [-0.15, -0.1) is 0 Å². The number of sulfonamides is 1. The van der Waals surface area contributed by atoms with Gasteiger partial charge >= 0.3 is 0 Å². The van der Waals surface area contributed by atoms with E-state index in [0.29, 0.717) is 31.0 Å². The Morgan fingerprint density at radius 3 is 2.70 bits per heavy atom. The quantitative estimate of drug-likeness (QED) is 0.211. The lowest BCUT2D eigenvalue weighted by atomic mass is 10.1. The highest BCUT2D eigenvalue weighted by molar-refractivity contribution is 7.92. The topological polar surface area (TPSA) is 116 Å². The van der Waals surface area contributed by atoms with Gasteiger partial charge in [0.05, 0.1) is 10.4 Å². The minimum atomic E-state index is -3.67. The summed E-state index contributed by atoms with van der Waals surface area (Å²) in [6, 6.07) is 20.9. The van der Waals surface area contributed by atoms with Crippen LogP contribution in [0.3, 0.4) is 0 Å². The standard InChI is InChI=1S/C24H26N4O4S/c1-17-22-11-10-20(16-23(22)27-26-17)32-13-12-25-24(29)15-18-6-5-7-19(14-18)28-33(30,31)21-8-3-2-4-9-21/h2-11,14,16,24-25,28-29H,12-13,15H2,1H3,(H,26,27). The van der Waals surface area contributed by atoms with Crippen LogP contribution in [0.2, 0.25) is 0 Å². The Bertz CT molecular complexity index is 1320. The molecule has 4 rings (SSSR count). The Kier molecular flexibility index (Phi) is 6.93. The summed E-state index contributed by atoms with van der Waals surface area (Å²) in [5.74, 6) is 0.712. The molecule has 0 fully saturated rings. The van der Waals surface area contributed by atoms with Gasteiger partial charge in [0.25, 0.3) is 10.0 Å². The molecule has 0 radical (unpaired) electrons. The third-order valence-corrected chi connectivity index (χ3v) is 6.53. The fourth-order valence-corrected chi connectivity index (χ4v) is 4.55. The molecule has 1 heterocycles. The van der Waals surface area contributed by atoms with E-state index in [-0.39, 0.29) is 4.90 Å². The number of anilines is 1. The van der Waals surface area contributed by atoms with E-state index in [1.165, 1.54) is 12.1 Å². The summed E-state index contributed by atoms with van der Waals surface area (Å²) in [6.45, 7) is 2.79. The van der Waals surface area contributed by atoms with Gasteiger partial charge < -0.3 is 9.84 Å². The number of hydrogen-bond acceptors (Lipinski definition) is 6. The Balaban J connectivity index is 1.26. The number of aromatic nitrogens is 2. The zero-order valence-electron chi connectivity index (χ0n) is 18.2. The molecule has 8 nitrogen and oxygen atoms in total. The second kappa shape index (κ2) is 10.0. The minimum Gasteiger partial charge on any atom is -0.492 e. The third kappa shape index (κ3) is 5.89. The number of aromatic amines is 1. The van der Waals surface area contributed by atoms with Crippen LogP contribution < -0.4 is 14.8 Å². The fraction of sp³-hybridized carbons (Fsp3) is 0.208. The van der Waals surface area contributed by atoms with Crippen molar-refractivity contribution in [2.45, 2.75) is 24.5 Å². The third-order valence-electron chi connectivity index (χ3n) is 5.13. The van der Waals surface area contributed by atoms with Gasteiger partial charge in [0, 0.05) is 35.8 Å². The van der Waals surface area contributed by atoms with Crippen LogP contribution in [0, 0.1) is 6.92 Å². The summed E-state index contributed by atoms with van der Waals surface area (Å²) < 4.78 is 33.3. The minimum absolute atomic E-state index is 0.193. The lowest BCUT2D eigenvalue weighted by Crippen LogP contribution is -2.34. The van der Waals surface area contributed by atoms with E-state index in [1.54, 1.807) is 36.4 Å². The van der Waals surface area contributed by atoms with Crippen LogP contribution >= 0.6 is 0 Å². The summed E-state index contributed by atoms with van der Waals surface area (Å²) in [5, 5.41) is 21.6. The van der Waals surface area contributed by atoms with Crippen molar-refractivity contribution in [2.75, 3.05) is 17.9 Å². The van der Waals surface area contributed by atoms with Crippen LogP contribution in [0.5, 0.6) is 5.75 Å². The highest BCUT2D eigenvalue weighted by Gasteiger charge is 2.14. The molecule has 1 atom stereocenters. The molecular formula is C24H26N4O4S. The van der Waals surface area contributed by atoms with Crippen molar-refractivity contribution in [3.05, 3.63) is 84.1 Å². The lowest BCUT2D eigenvalue weighted by Gasteiger charge is -2.15. The number of nitrogens with one attached hydrogen (secondary N) is 3. The Hall–Kier alpha value is -3.40. The first-order chi connectivity index (χ1) is 15.9. The van der Waals surface area contributed by atoms with Gasteiger partial charge in [-0.25, -0.2) is 8.42 Å². The number of aliphatic hydroxyl groups excluding tert-OH is 1. The van der Waals surface area contributed by atoms with Crippen molar-refractivity contribution in [2.24, 2.45) is 0 Å². The molecular weight excluding hydrogens is 440 g/mol. The van der Waals surface area contributed by atoms with Crippen LogP contribution in [-0.4, -0.2) is 43.1 Å². The van der Waals surface area contributed by atoms with Crippen LogP contribution in [0.1, 0.15) is 11.3 Å². The zero-order valence-corrected chi connectivity index (χ0v) is 19.0. The SMILES string of the molecule is Cc1[nH]nc2cc(OCCNC(O)Cc3cccc(NS(=O)(=O)c4ccccc4)c3)ccc12. The smallest absolute Gasteiger partial charge is 0.261 e. The van der Waals surface area contributed by atoms with Gasteiger partial charge in [0.15, 0.2) is 0 Å². The molecule has 0 saturated carbocycles. The number of H-pyrrole nitrogens is 1. The summed E-state index contributed by atoms with van der Waals surface area (Å²) in [4.78, 5) is 0.193. The molecule has 4 aromatic rings. The maximum absolute atomic E-state index is 12.5. The maximum atomic E-state index is 12.5. The van der Waals surface area contributed by atoms with Crippen LogP contribution in [0.15, 0.2) is 77.7 Å². The van der Waals surface area contributed by atoms with Gasteiger partial charge in [-0.2, -0.15) is 5.10 Å². The second-order valence-corrected chi connectivity index (χ2v) is 9.35. The van der Waals surface area contributed by atoms with Gasteiger partial charge in [0.1, 0.15) is 18.6 Å². The van der Waals surface area contributed by atoms with Gasteiger partial charge in [-0.1, -0.05) is 30.3 Å². The van der Waals surface area contributed by atoms with Crippen molar-refractivity contribution in [3.63, 3.8) is 0 Å². The average molecular weight is 467 g/mol. The molecule has 0 bridgehead atoms. The highest BCUT2D eigenvalue weighted by Crippen LogP contribution is 2.21. The average Bonchev–Trinajstić information content (AvgIpc) is 3.17. The largest absolute Gasteiger partial charge is 0.492 e. The van der Waals surface area contributed by atoms with Crippen molar-refractivity contribution in [1.29, 1.82) is 0 Å². The van der Waals surface area contributed by atoms with Gasteiger partial charge in [-0.05, 0) is 48.9 Å². The zero-order chi connectivity index (χ0) is 23.3. The molecule has 9 heteroatoms. The van der Waals surface area contributed by atoms with Gasteiger partial charge in [0.2, 0.25) is 0 Å². The number of fused-ring (bicyclic) bond motifs is 1. The molecule has 0 saturated heterocycles. The number of aliphatic hydroxyl groups is 1. The highest BCUT2D eigenvalue weighted by atomic mass is 32.2. The van der Waals surface area contributed by atoms with Crippen LogP contribution in [0.4, 0.5) is 5.69 Å². The lowest BCUT2D eigenvalue weighted by molar-refractivity contribution is 0.130. The molecule has 3 aromatic carbocycles. The Morgan fingerprint density at radius 1 is 1.06 bits per heavy atom. The molecule has 1 aromatic heterocycles. The first-order valence-corrected chi connectivity index (χ1v) is 12.0. The van der Waals surface area contributed by atoms with Crippen LogP contribution in [0.25, 0.3) is 10.9 Å². The molecule has 1 unspecified atom stereocenters. The number of nitrogens with zero attached hydrogens (tertiary/aromatic N) is 1. The normalized spacial score (nSPS) is 12.5. The summed E-state index contributed by atoms with van der Waals surface area (Å²) in [6.07, 6.45) is -0.481. The molecule has 0 aliphatic carbocycles. The molecule has 0 aliphatic heterocycles.